The zero-order valence-corrected chi connectivity index (χ0v) is 15.9. The molecule has 1 aromatic heterocycles. The van der Waals surface area contributed by atoms with Crippen LogP contribution < -0.4 is 5.73 Å². The summed E-state index contributed by atoms with van der Waals surface area (Å²) in [7, 11) is -3.74. The van der Waals surface area contributed by atoms with E-state index in [-0.39, 0.29) is 11.5 Å². The molecule has 3 aromatic rings. The van der Waals surface area contributed by atoms with Gasteiger partial charge in [0, 0.05) is 10.3 Å². The van der Waals surface area contributed by atoms with Crippen LogP contribution in [0.2, 0.25) is 0 Å². The molecule has 2 N–H and O–H groups in total. The molecule has 0 aliphatic heterocycles. The number of hydrogen-bond donors (Lipinski definition) is 1. The predicted octanol–water partition coefficient (Wildman–Crippen LogP) is 3.65. The summed E-state index contributed by atoms with van der Waals surface area (Å²) in [6, 6.07) is 11.9. The second kappa shape index (κ2) is 7.57. The van der Waals surface area contributed by atoms with Crippen molar-refractivity contribution >= 4 is 37.4 Å². The highest BCUT2D eigenvalue weighted by Gasteiger charge is 2.15. The first-order valence-corrected chi connectivity index (χ1v) is 10.4. The Bertz CT molecular complexity index is 1040. The van der Waals surface area contributed by atoms with E-state index in [1.54, 1.807) is 47.7 Å². The number of primary amides is 1. The normalized spacial score (nSPS) is 11.7. The van der Waals surface area contributed by atoms with E-state index in [2.05, 4.69) is 0 Å². The highest BCUT2D eigenvalue weighted by Crippen LogP contribution is 2.28. The molecule has 0 aliphatic carbocycles. The van der Waals surface area contributed by atoms with Crippen molar-refractivity contribution < 1.29 is 17.4 Å². The largest absolute Gasteiger partial charge is 0.366 e. The van der Waals surface area contributed by atoms with Gasteiger partial charge in [0.2, 0.25) is 5.91 Å². The summed E-state index contributed by atoms with van der Waals surface area (Å²) in [4.78, 5) is 11.5. The van der Waals surface area contributed by atoms with Crippen LogP contribution in [0.3, 0.4) is 0 Å². The van der Waals surface area contributed by atoms with Gasteiger partial charge in [-0.1, -0.05) is 17.7 Å². The number of hydrogen-bond acceptors (Lipinski definition) is 5. The molecule has 1 heterocycles. The van der Waals surface area contributed by atoms with Crippen molar-refractivity contribution in [2.45, 2.75) is 24.7 Å². The monoisotopic (exact) mass is 389 g/mol. The number of carbonyl (C=O) groups is 1. The molecule has 3 rings (SSSR count). The van der Waals surface area contributed by atoms with Gasteiger partial charge in [0.1, 0.15) is 0 Å². The summed E-state index contributed by atoms with van der Waals surface area (Å²) >= 11 is 1.58. The molecule has 1 amide bonds. The van der Waals surface area contributed by atoms with Gasteiger partial charge >= 0.3 is 0 Å². The number of amides is 1. The van der Waals surface area contributed by atoms with Crippen LogP contribution in [0, 0.1) is 6.92 Å². The predicted molar refractivity (Wildman–Crippen MR) is 103 cm³/mol. The number of rotatable bonds is 7. The fourth-order valence-electron chi connectivity index (χ4n) is 2.63. The van der Waals surface area contributed by atoms with Crippen LogP contribution in [0.15, 0.2) is 52.7 Å². The van der Waals surface area contributed by atoms with Crippen molar-refractivity contribution in [3.63, 3.8) is 0 Å². The minimum atomic E-state index is -3.74. The number of aryl methyl sites for hydroxylation is 2. The minimum Gasteiger partial charge on any atom is -0.366 e. The maximum absolute atomic E-state index is 12.2. The standard InChI is InChI=1S/C19H19NO4S2/c1-13-4-7-16(8-5-13)26(22,23)24-10-2-3-15-12-25-18-9-6-14(19(20)21)11-17(15)18/h4-9,11-12H,2-3,10H2,1H3,(H2,20,21). The van der Waals surface area contributed by atoms with Crippen molar-refractivity contribution in [2.75, 3.05) is 6.61 Å². The molecule has 0 aliphatic rings. The summed E-state index contributed by atoms with van der Waals surface area (Å²) < 4.78 is 30.5. The van der Waals surface area contributed by atoms with Crippen LogP contribution in [0.25, 0.3) is 10.1 Å². The Balaban J connectivity index is 1.63. The van der Waals surface area contributed by atoms with Gasteiger partial charge in [-0.3, -0.25) is 8.98 Å². The summed E-state index contributed by atoms with van der Waals surface area (Å²) in [6.45, 7) is 2.00. The Labute approximate surface area is 156 Å². The molecule has 26 heavy (non-hydrogen) atoms. The number of carbonyl (C=O) groups excluding carboxylic acids is 1. The lowest BCUT2D eigenvalue weighted by Crippen LogP contribution is -2.10. The Morgan fingerprint density at radius 3 is 2.58 bits per heavy atom. The van der Waals surface area contributed by atoms with Crippen molar-refractivity contribution in [3.8, 4) is 0 Å². The minimum absolute atomic E-state index is 0.100. The van der Waals surface area contributed by atoms with E-state index in [0.717, 1.165) is 21.2 Å². The zero-order valence-electron chi connectivity index (χ0n) is 14.3. The smallest absolute Gasteiger partial charge is 0.296 e. The van der Waals surface area contributed by atoms with Crippen molar-refractivity contribution in [1.82, 2.24) is 0 Å². The third kappa shape index (κ3) is 4.12. The molecule has 0 spiro atoms. The first-order chi connectivity index (χ1) is 12.4. The quantitative estimate of drug-likeness (QED) is 0.494. The highest BCUT2D eigenvalue weighted by atomic mass is 32.2. The average molecular weight is 389 g/mol. The molecule has 0 atom stereocenters. The first-order valence-electron chi connectivity index (χ1n) is 8.13. The van der Waals surface area contributed by atoms with E-state index < -0.39 is 16.0 Å². The van der Waals surface area contributed by atoms with Crippen LogP contribution in [0.5, 0.6) is 0 Å². The van der Waals surface area contributed by atoms with Crippen LogP contribution >= 0.6 is 11.3 Å². The van der Waals surface area contributed by atoms with Crippen LogP contribution in [0.1, 0.15) is 27.9 Å². The molecule has 0 bridgehead atoms. The third-order valence-electron chi connectivity index (χ3n) is 4.08. The Hall–Kier alpha value is -2.22. The topological polar surface area (TPSA) is 86.5 Å². The molecule has 136 valence electrons. The number of thiophene rings is 1. The fraction of sp³-hybridized carbons (Fsp3) is 0.211. The molecule has 0 saturated heterocycles. The fourth-order valence-corrected chi connectivity index (χ4v) is 4.55. The highest BCUT2D eigenvalue weighted by molar-refractivity contribution is 7.86. The molecule has 0 saturated carbocycles. The second-order valence-electron chi connectivity index (χ2n) is 6.03. The number of benzene rings is 2. The maximum Gasteiger partial charge on any atom is 0.296 e. The van der Waals surface area contributed by atoms with Crippen LogP contribution in [-0.2, 0) is 20.7 Å². The van der Waals surface area contributed by atoms with Gasteiger partial charge in [-0.15, -0.1) is 11.3 Å². The molecule has 2 aromatic carbocycles. The van der Waals surface area contributed by atoms with Gasteiger partial charge in [0.15, 0.2) is 0 Å². The molecule has 5 nitrogen and oxygen atoms in total. The van der Waals surface area contributed by atoms with E-state index in [4.69, 9.17) is 9.92 Å². The van der Waals surface area contributed by atoms with E-state index in [9.17, 15) is 13.2 Å². The SMILES string of the molecule is Cc1ccc(S(=O)(=O)OCCCc2csc3ccc(C(N)=O)cc23)cc1. The third-order valence-corrected chi connectivity index (χ3v) is 6.42. The average Bonchev–Trinajstić information content (AvgIpc) is 3.01. The second-order valence-corrected chi connectivity index (χ2v) is 8.56. The number of fused-ring (bicyclic) bond motifs is 1. The number of nitrogens with two attached hydrogens (primary N) is 1. The summed E-state index contributed by atoms with van der Waals surface area (Å²) in [5.41, 5.74) is 7.85. The Morgan fingerprint density at radius 2 is 1.88 bits per heavy atom. The first kappa shape index (κ1) is 18.6. The van der Waals surface area contributed by atoms with E-state index >= 15 is 0 Å². The maximum atomic E-state index is 12.2. The molecule has 0 radical (unpaired) electrons. The van der Waals surface area contributed by atoms with E-state index in [1.807, 2.05) is 18.4 Å². The van der Waals surface area contributed by atoms with Gasteiger partial charge in [-0.25, -0.2) is 0 Å². The molecular weight excluding hydrogens is 370 g/mol. The zero-order chi connectivity index (χ0) is 18.7. The molecule has 0 unspecified atom stereocenters. The lowest BCUT2D eigenvalue weighted by atomic mass is 10.1. The van der Waals surface area contributed by atoms with Crippen molar-refractivity contribution in [2.24, 2.45) is 5.73 Å². The van der Waals surface area contributed by atoms with Crippen LogP contribution in [-0.4, -0.2) is 20.9 Å². The van der Waals surface area contributed by atoms with Gasteiger partial charge in [0.05, 0.1) is 11.5 Å². The van der Waals surface area contributed by atoms with Crippen LogP contribution in [0.4, 0.5) is 0 Å². The molecule has 7 heteroatoms. The molecule has 0 fully saturated rings. The van der Waals surface area contributed by atoms with Gasteiger partial charge in [-0.2, -0.15) is 8.42 Å². The Kier molecular flexibility index (Phi) is 5.41. The van der Waals surface area contributed by atoms with Gasteiger partial charge in [-0.05, 0) is 66.4 Å². The van der Waals surface area contributed by atoms with E-state index in [1.165, 1.54) is 0 Å². The lowest BCUT2D eigenvalue weighted by Gasteiger charge is -2.06. The van der Waals surface area contributed by atoms with E-state index in [0.29, 0.717) is 18.4 Å². The van der Waals surface area contributed by atoms with Gasteiger partial charge < -0.3 is 5.73 Å². The summed E-state index contributed by atoms with van der Waals surface area (Å²) in [6.07, 6.45) is 1.21. The Morgan fingerprint density at radius 1 is 1.15 bits per heavy atom. The summed E-state index contributed by atoms with van der Waals surface area (Å²) in [5, 5.41) is 3.00. The lowest BCUT2D eigenvalue weighted by molar-refractivity contribution is 0.100. The van der Waals surface area contributed by atoms with Crippen molar-refractivity contribution in [1.29, 1.82) is 0 Å². The van der Waals surface area contributed by atoms with Crippen molar-refractivity contribution in [3.05, 3.63) is 64.5 Å². The summed E-state index contributed by atoms with van der Waals surface area (Å²) in [5.74, 6) is -0.462. The van der Waals surface area contributed by atoms with Gasteiger partial charge in [0.25, 0.3) is 10.1 Å². The molecular formula is C19H19NO4S2.